The number of nitrogens with two attached hydrogens (primary N) is 1. The highest BCUT2D eigenvalue weighted by atomic mass is 19.1. The minimum Gasteiger partial charge on any atom is -0.444 e. The summed E-state index contributed by atoms with van der Waals surface area (Å²) in [5, 5.41) is 6.30. The zero-order chi connectivity index (χ0) is 25.3. The number of nitrogen functional groups attached to an aromatic ring is 1. The molecule has 35 heavy (non-hydrogen) atoms. The summed E-state index contributed by atoms with van der Waals surface area (Å²) >= 11 is 0. The number of anilines is 2. The lowest BCUT2D eigenvalue weighted by atomic mass is 9.91. The van der Waals surface area contributed by atoms with Crippen molar-refractivity contribution in [1.29, 1.82) is 0 Å². The molecule has 1 amide bonds. The number of hydrogen-bond acceptors (Lipinski definition) is 7. The molecule has 0 spiro atoms. The number of rotatable bonds is 4. The fourth-order valence-corrected chi connectivity index (χ4v) is 4.19. The van der Waals surface area contributed by atoms with Crippen molar-refractivity contribution in [3.8, 4) is 11.3 Å². The number of fused-ring (bicyclic) bond motifs is 1. The first-order chi connectivity index (χ1) is 16.5. The van der Waals surface area contributed by atoms with Crippen LogP contribution in [-0.2, 0) is 4.74 Å². The number of nitrogens with one attached hydrogen (secondary N) is 2. The van der Waals surface area contributed by atoms with Crippen LogP contribution in [0.1, 0.15) is 52.0 Å². The SMILES string of the molecule is Cc1cc(-c2cc(F)c(N)cc2F)nc2cnc(N[C@H]3CC[C@H](NC(=O)OC(C)(C)C)CC3)nc12. The smallest absolute Gasteiger partial charge is 0.407 e. The number of aryl methyl sites for hydroxylation is 1. The summed E-state index contributed by atoms with van der Waals surface area (Å²) in [7, 11) is 0. The molecule has 186 valence electrons. The summed E-state index contributed by atoms with van der Waals surface area (Å²) in [5.74, 6) is -0.873. The van der Waals surface area contributed by atoms with E-state index in [0.29, 0.717) is 17.0 Å². The Labute approximate surface area is 202 Å². The number of hydrogen-bond donors (Lipinski definition) is 3. The molecule has 0 aliphatic heterocycles. The molecule has 0 saturated heterocycles. The van der Waals surface area contributed by atoms with E-state index in [4.69, 9.17) is 10.5 Å². The maximum atomic E-state index is 14.4. The van der Waals surface area contributed by atoms with E-state index in [1.165, 1.54) is 0 Å². The highest BCUT2D eigenvalue weighted by Crippen LogP contribution is 2.29. The number of alkyl carbamates (subject to hydrolysis) is 1. The maximum Gasteiger partial charge on any atom is 0.407 e. The van der Waals surface area contributed by atoms with E-state index in [1.54, 1.807) is 12.3 Å². The van der Waals surface area contributed by atoms with Gasteiger partial charge in [0.1, 0.15) is 22.8 Å². The zero-order valence-corrected chi connectivity index (χ0v) is 20.3. The molecule has 10 heteroatoms. The van der Waals surface area contributed by atoms with Crippen LogP contribution >= 0.6 is 0 Å². The van der Waals surface area contributed by atoms with Crippen molar-refractivity contribution >= 4 is 28.8 Å². The molecule has 2 heterocycles. The number of aromatic nitrogens is 3. The number of carbonyl (C=O) groups is 1. The Morgan fingerprint density at radius 2 is 1.74 bits per heavy atom. The Kier molecular flexibility index (Phi) is 6.73. The monoisotopic (exact) mass is 484 g/mol. The van der Waals surface area contributed by atoms with Gasteiger partial charge < -0.3 is 21.1 Å². The summed E-state index contributed by atoms with van der Waals surface area (Å²) in [5.41, 5.74) is 6.85. The van der Waals surface area contributed by atoms with E-state index in [0.717, 1.165) is 43.4 Å². The number of carbonyl (C=O) groups excluding carboxylic acids is 1. The lowest BCUT2D eigenvalue weighted by Gasteiger charge is -2.30. The maximum absolute atomic E-state index is 14.4. The van der Waals surface area contributed by atoms with E-state index >= 15 is 0 Å². The average molecular weight is 485 g/mol. The van der Waals surface area contributed by atoms with Crippen LogP contribution in [0.25, 0.3) is 22.3 Å². The second-order valence-corrected chi connectivity index (χ2v) is 9.94. The third-order valence-corrected chi connectivity index (χ3v) is 5.88. The normalized spacial score (nSPS) is 18.3. The van der Waals surface area contributed by atoms with Crippen molar-refractivity contribution in [1.82, 2.24) is 20.3 Å². The lowest BCUT2D eigenvalue weighted by Crippen LogP contribution is -2.42. The summed E-state index contributed by atoms with van der Waals surface area (Å²) in [6.07, 6.45) is 4.51. The Morgan fingerprint density at radius 1 is 1.06 bits per heavy atom. The molecule has 1 saturated carbocycles. The second kappa shape index (κ2) is 9.59. The first-order valence-corrected chi connectivity index (χ1v) is 11.6. The van der Waals surface area contributed by atoms with Gasteiger partial charge in [-0.1, -0.05) is 0 Å². The van der Waals surface area contributed by atoms with E-state index in [9.17, 15) is 13.6 Å². The van der Waals surface area contributed by atoms with Crippen molar-refractivity contribution in [2.24, 2.45) is 0 Å². The van der Waals surface area contributed by atoms with Crippen LogP contribution in [0, 0.1) is 18.6 Å². The minimum absolute atomic E-state index is 0.0284. The van der Waals surface area contributed by atoms with E-state index in [-0.39, 0.29) is 29.0 Å². The van der Waals surface area contributed by atoms with Crippen molar-refractivity contribution in [2.45, 2.75) is 71.1 Å². The number of nitrogens with zero attached hydrogens (tertiary/aromatic N) is 3. The van der Waals surface area contributed by atoms with Gasteiger partial charge >= 0.3 is 6.09 Å². The number of benzene rings is 1. The molecule has 1 fully saturated rings. The molecule has 4 N–H and O–H groups in total. The average Bonchev–Trinajstić information content (AvgIpc) is 2.76. The third kappa shape index (κ3) is 5.93. The molecule has 0 unspecified atom stereocenters. The Morgan fingerprint density at radius 3 is 2.43 bits per heavy atom. The fraction of sp³-hybridized carbons (Fsp3) is 0.440. The molecule has 0 radical (unpaired) electrons. The highest BCUT2D eigenvalue weighted by molar-refractivity contribution is 5.82. The van der Waals surface area contributed by atoms with Crippen molar-refractivity contribution in [2.75, 3.05) is 11.1 Å². The predicted octanol–water partition coefficient (Wildman–Crippen LogP) is 5.11. The number of ether oxygens (including phenoxy) is 1. The largest absolute Gasteiger partial charge is 0.444 e. The lowest BCUT2D eigenvalue weighted by molar-refractivity contribution is 0.0492. The molecule has 1 aliphatic carbocycles. The van der Waals surface area contributed by atoms with E-state index in [2.05, 4.69) is 25.6 Å². The van der Waals surface area contributed by atoms with Gasteiger partial charge in [0.15, 0.2) is 0 Å². The molecule has 1 aliphatic rings. The van der Waals surface area contributed by atoms with Gasteiger partial charge in [-0.25, -0.2) is 28.5 Å². The van der Waals surface area contributed by atoms with Crippen LogP contribution in [0.5, 0.6) is 0 Å². The molecule has 0 atom stereocenters. The fourth-order valence-electron chi connectivity index (χ4n) is 4.19. The van der Waals surface area contributed by atoms with Crippen molar-refractivity contribution in [3.63, 3.8) is 0 Å². The van der Waals surface area contributed by atoms with Gasteiger partial charge in [0, 0.05) is 23.7 Å². The molecule has 3 aromatic rings. The Bertz CT molecular complexity index is 1250. The van der Waals surface area contributed by atoms with Crippen molar-refractivity contribution < 1.29 is 18.3 Å². The van der Waals surface area contributed by atoms with Gasteiger partial charge in [0.05, 0.1) is 23.1 Å². The highest BCUT2D eigenvalue weighted by Gasteiger charge is 2.25. The van der Waals surface area contributed by atoms with Crippen LogP contribution < -0.4 is 16.4 Å². The predicted molar refractivity (Wildman–Crippen MR) is 131 cm³/mol. The molecule has 2 aromatic heterocycles. The zero-order valence-electron chi connectivity index (χ0n) is 20.3. The van der Waals surface area contributed by atoms with Gasteiger partial charge in [-0.3, -0.25) is 0 Å². The molecular weight excluding hydrogens is 454 g/mol. The molecule has 1 aromatic carbocycles. The van der Waals surface area contributed by atoms with E-state index in [1.807, 2.05) is 27.7 Å². The standard InChI is InChI=1S/C25H30F2N6O2/c1-13-9-20(16-10-18(27)19(28)11-17(16)26)32-21-12-29-23(33-22(13)21)30-14-5-7-15(8-6-14)31-24(34)35-25(2,3)4/h9-12,14-15H,5-8,28H2,1-4H3,(H,31,34)(H,29,30,33)/t14-,15-. The number of pyridine rings is 1. The Hall–Kier alpha value is -3.56. The van der Waals surface area contributed by atoms with Crippen LogP contribution in [-0.4, -0.2) is 38.7 Å². The number of amides is 1. The molecule has 4 rings (SSSR count). The van der Waals surface area contributed by atoms with Crippen molar-refractivity contribution in [3.05, 3.63) is 41.6 Å². The summed E-state index contributed by atoms with van der Waals surface area (Å²) in [4.78, 5) is 25.4. The molecular formula is C25H30F2N6O2. The van der Waals surface area contributed by atoms with Gasteiger partial charge in [0.25, 0.3) is 0 Å². The topological polar surface area (TPSA) is 115 Å². The first kappa shape index (κ1) is 24.6. The van der Waals surface area contributed by atoms with E-state index < -0.39 is 23.3 Å². The van der Waals surface area contributed by atoms with Gasteiger partial charge in [-0.2, -0.15) is 0 Å². The number of halogens is 2. The van der Waals surface area contributed by atoms with Gasteiger partial charge in [-0.05, 0) is 71.1 Å². The van der Waals surface area contributed by atoms with Crippen LogP contribution in [0.3, 0.4) is 0 Å². The third-order valence-electron chi connectivity index (χ3n) is 5.88. The quantitative estimate of drug-likeness (QED) is 0.441. The summed E-state index contributed by atoms with van der Waals surface area (Å²) in [6.45, 7) is 7.35. The van der Waals surface area contributed by atoms with Gasteiger partial charge in [-0.15, -0.1) is 0 Å². The first-order valence-electron chi connectivity index (χ1n) is 11.6. The minimum atomic E-state index is -0.701. The van der Waals surface area contributed by atoms with Gasteiger partial charge in [0.2, 0.25) is 5.95 Å². The Balaban J connectivity index is 1.43. The summed E-state index contributed by atoms with van der Waals surface area (Å²) in [6, 6.07) is 3.91. The summed E-state index contributed by atoms with van der Waals surface area (Å²) < 4.78 is 33.6. The van der Waals surface area contributed by atoms with Crippen LogP contribution in [0.4, 0.5) is 25.2 Å². The molecule has 0 bridgehead atoms. The second-order valence-electron chi connectivity index (χ2n) is 9.94. The van der Waals surface area contributed by atoms with Crippen LogP contribution in [0.15, 0.2) is 24.4 Å². The van der Waals surface area contributed by atoms with Crippen LogP contribution in [0.2, 0.25) is 0 Å². The molecule has 8 nitrogen and oxygen atoms in total.